The van der Waals surface area contributed by atoms with Crippen LogP contribution in [0.4, 0.5) is 10.1 Å². The van der Waals surface area contributed by atoms with Crippen LogP contribution in [0.5, 0.6) is 0 Å². The maximum absolute atomic E-state index is 12.9. The topological polar surface area (TPSA) is 140 Å². The number of hydroxylamine groups is 1. The summed E-state index contributed by atoms with van der Waals surface area (Å²) >= 11 is 0. The summed E-state index contributed by atoms with van der Waals surface area (Å²) in [6, 6.07) is 18.0. The van der Waals surface area contributed by atoms with Crippen molar-refractivity contribution in [1.82, 2.24) is 16.1 Å². The van der Waals surface area contributed by atoms with Crippen molar-refractivity contribution >= 4 is 23.4 Å². The van der Waals surface area contributed by atoms with Crippen molar-refractivity contribution in [1.29, 1.82) is 0 Å². The van der Waals surface area contributed by atoms with E-state index in [0.717, 1.165) is 5.56 Å². The van der Waals surface area contributed by atoms with Crippen molar-refractivity contribution in [2.24, 2.45) is 0 Å². The van der Waals surface area contributed by atoms with Gasteiger partial charge in [-0.15, -0.1) is 0 Å². The van der Waals surface area contributed by atoms with Gasteiger partial charge in [-0.3, -0.25) is 19.6 Å². The Morgan fingerprint density at radius 1 is 0.947 bits per heavy atom. The molecule has 0 radical (unpaired) electrons. The number of halogens is 1. The van der Waals surface area contributed by atoms with Gasteiger partial charge in [0.1, 0.15) is 11.9 Å². The molecule has 0 aliphatic heterocycles. The summed E-state index contributed by atoms with van der Waals surface area (Å²) in [5.74, 6) is 3.84. The van der Waals surface area contributed by atoms with Crippen molar-refractivity contribution in [3.05, 3.63) is 101 Å². The minimum absolute atomic E-state index is 0.0888. The predicted molar refractivity (Wildman–Crippen MR) is 138 cm³/mol. The molecule has 3 amide bonds. The lowest BCUT2D eigenvalue weighted by molar-refractivity contribution is -0.133. The number of aliphatic hydroxyl groups excluding tert-OH is 1. The number of aliphatic hydroxyl groups is 1. The molecule has 196 valence electrons. The van der Waals surface area contributed by atoms with Gasteiger partial charge in [0.2, 0.25) is 5.91 Å². The molecule has 2 atom stereocenters. The van der Waals surface area contributed by atoms with Crippen LogP contribution >= 0.6 is 0 Å². The second-order valence-electron chi connectivity index (χ2n) is 8.35. The highest BCUT2D eigenvalue weighted by Crippen LogP contribution is 2.10. The van der Waals surface area contributed by atoms with E-state index in [1.807, 2.05) is 0 Å². The van der Waals surface area contributed by atoms with Crippen molar-refractivity contribution in [2.45, 2.75) is 25.6 Å². The monoisotopic (exact) mass is 518 g/mol. The van der Waals surface area contributed by atoms with Gasteiger partial charge in [0.25, 0.3) is 11.8 Å². The number of anilines is 1. The summed E-state index contributed by atoms with van der Waals surface area (Å²) < 4.78 is 12.9. The lowest BCUT2D eigenvalue weighted by Gasteiger charge is -2.19. The molecule has 0 saturated heterocycles. The second kappa shape index (κ2) is 13.7. The van der Waals surface area contributed by atoms with Crippen LogP contribution in [0.25, 0.3) is 0 Å². The quantitative estimate of drug-likeness (QED) is 0.145. The van der Waals surface area contributed by atoms with Crippen LogP contribution in [-0.4, -0.2) is 46.7 Å². The molecule has 0 bridgehead atoms. The third-order valence-corrected chi connectivity index (χ3v) is 5.33. The molecule has 10 heteroatoms. The molecule has 0 spiro atoms. The first-order chi connectivity index (χ1) is 18.2. The maximum Gasteiger partial charge on any atom is 0.268 e. The summed E-state index contributed by atoms with van der Waals surface area (Å²) in [4.78, 5) is 36.3. The Morgan fingerprint density at radius 3 is 2.29 bits per heavy atom. The third kappa shape index (κ3) is 8.53. The Hall–Kier alpha value is -4.56. The molecule has 0 aliphatic rings. The highest BCUT2D eigenvalue weighted by molar-refractivity contribution is 5.97. The summed E-state index contributed by atoms with van der Waals surface area (Å²) in [6.45, 7) is 1.83. The first-order valence-corrected chi connectivity index (χ1v) is 11.6. The van der Waals surface area contributed by atoms with Gasteiger partial charge in [-0.2, -0.15) is 0 Å². The van der Waals surface area contributed by atoms with Gasteiger partial charge >= 0.3 is 0 Å². The minimum atomic E-state index is -1.33. The highest BCUT2D eigenvalue weighted by atomic mass is 19.1. The average molecular weight is 519 g/mol. The third-order valence-electron chi connectivity index (χ3n) is 5.33. The Morgan fingerprint density at radius 2 is 1.63 bits per heavy atom. The summed E-state index contributed by atoms with van der Waals surface area (Å²) in [5, 5.41) is 26.6. The maximum atomic E-state index is 12.9. The van der Waals surface area contributed by atoms with E-state index in [1.54, 1.807) is 48.5 Å². The standard InChI is InChI=1S/C28H27FN4O5/c1-18(34)26(28(37)33-38)32-27(36)22-4-2-3-20(15-22)6-5-19-9-13-24(14-10-19)31-25(35)17-30-16-21-7-11-23(29)12-8-21/h2-4,7-15,18,26,30,34,38H,16-17H2,1H3,(H,31,35)(H,32,36)(H,33,37)/t18-,26+/m1/s1. The number of amides is 3. The van der Waals surface area contributed by atoms with E-state index in [-0.39, 0.29) is 23.8 Å². The number of hydrogen-bond acceptors (Lipinski definition) is 6. The van der Waals surface area contributed by atoms with Gasteiger partial charge < -0.3 is 21.1 Å². The number of carbonyl (C=O) groups excluding carboxylic acids is 3. The van der Waals surface area contributed by atoms with Crippen molar-refractivity contribution in [3.8, 4) is 11.8 Å². The van der Waals surface area contributed by atoms with Crippen molar-refractivity contribution < 1.29 is 29.1 Å². The van der Waals surface area contributed by atoms with E-state index in [4.69, 9.17) is 5.21 Å². The largest absolute Gasteiger partial charge is 0.391 e. The van der Waals surface area contributed by atoms with Crippen molar-refractivity contribution in [2.75, 3.05) is 11.9 Å². The van der Waals surface area contributed by atoms with Gasteiger partial charge in [0.15, 0.2) is 0 Å². The molecule has 38 heavy (non-hydrogen) atoms. The molecule has 0 aromatic heterocycles. The molecule has 0 saturated carbocycles. The van der Waals surface area contributed by atoms with Gasteiger partial charge in [0, 0.05) is 28.9 Å². The molecule has 0 fully saturated rings. The van der Waals surface area contributed by atoms with Crippen LogP contribution in [0.3, 0.4) is 0 Å². The summed E-state index contributed by atoms with van der Waals surface area (Å²) in [7, 11) is 0. The fourth-order valence-electron chi connectivity index (χ4n) is 3.35. The first kappa shape index (κ1) is 28.0. The molecule has 3 aromatic carbocycles. The number of carbonyl (C=O) groups is 3. The molecule has 9 nitrogen and oxygen atoms in total. The van der Waals surface area contributed by atoms with Crippen LogP contribution in [0.2, 0.25) is 0 Å². The molecule has 0 unspecified atom stereocenters. The minimum Gasteiger partial charge on any atom is -0.391 e. The zero-order chi connectivity index (χ0) is 27.5. The summed E-state index contributed by atoms with van der Waals surface area (Å²) in [6.07, 6.45) is -1.22. The van der Waals surface area contributed by atoms with E-state index in [2.05, 4.69) is 27.8 Å². The Kier molecular flexibility index (Phi) is 10.1. The number of hydrogen-bond donors (Lipinski definition) is 6. The van der Waals surface area contributed by atoms with Crippen LogP contribution in [0, 0.1) is 17.7 Å². The molecule has 6 N–H and O–H groups in total. The fraction of sp³-hybridized carbons (Fsp3) is 0.179. The second-order valence-corrected chi connectivity index (χ2v) is 8.35. The van der Waals surface area contributed by atoms with Gasteiger partial charge in [0.05, 0.1) is 12.6 Å². The fourth-order valence-corrected chi connectivity index (χ4v) is 3.35. The number of nitrogens with one attached hydrogen (secondary N) is 4. The smallest absolute Gasteiger partial charge is 0.268 e. The molecular formula is C28H27FN4O5. The van der Waals surface area contributed by atoms with E-state index >= 15 is 0 Å². The molecular weight excluding hydrogens is 491 g/mol. The van der Waals surface area contributed by atoms with Gasteiger partial charge in [-0.05, 0) is 67.1 Å². The van der Waals surface area contributed by atoms with E-state index < -0.39 is 24.0 Å². The van der Waals surface area contributed by atoms with E-state index in [0.29, 0.717) is 23.4 Å². The average Bonchev–Trinajstić information content (AvgIpc) is 2.92. The van der Waals surface area contributed by atoms with Gasteiger partial charge in [-0.1, -0.05) is 30.0 Å². The summed E-state index contributed by atoms with van der Waals surface area (Å²) in [5.41, 5.74) is 4.32. The first-order valence-electron chi connectivity index (χ1n) is 11.6. The van der Waals surface area contributed by atoms with E-state index in [9.17, 15) is 23.9 Å². The molecule has 0 aliphatic carbocycles. The highest BCUT2D eigenvalue weighted by Gasteiger charge is 2.25. The Balaban J connectivity index is 1.54. The Bertz CT molecular complexity index is 1330. The normalized spacial score (nSPS) is 11.9. The molecule has 3 aromatic rings. The van der Waals surface area contributed by atoms with E-state index in [1.165, 1.54) is 36.7 Å². The lowest BCUT2D eigenvalue weighted by atomic mass is 10.1. The Labute approximate surface area is 219 Å². The van der Waals surface area contributed by atoms with Crippen LogP contribution in [-0.2, 0) is 16.1 Å². The van der Waals surface area contributed by atoms with Crippen molar-refractivity contribution in [3.63, 3.8) is 0 Å². The van der Waals surface area contributed by atoms with Crippen LogP contribution < -0.4 is 21.4 Å². The zero-order valence-electron chi connectivity index (χ0n) is 20.5. The van der Waals surface area contributed by atoms with Crippen LogP contribution in [0.15, 0.2) is 72.8 Å². The lowest BCUT2D eigenvalue weighted by Crippen LogP contribution is -2.51. The SMILES string of the molecule is C[C@@H](O)[C@H](NC(=O)c1cccc(C#Cc2ccc(NC(=O)CNCc3ccc(F)cc3)cc2)c1)C(=O)NO. The number of rotatable bonds is 9. The van der Waals surface area contributed by atoms with Crippen LogP contribution in [0.1, 0.15) is 34.0 Å². The molecule has 3 rings (SSSR count). The number of benzene rings is 3. The molecule has 0 heterocycles. The van der Waals surface area contributed by atoms with Gasteiger partial charge in [-0.25, -0.2) is 9.87 Å². The predicted octanol–water partition coefficient (Wildman–Crippen LogP) is 1.94. The zero-order valence-corrected chi connectivity index (χ0v) is 20.5.